The number of nitrogens with one attached hydrogen (secondary N) is 1. The molecule has 0 radical (unpaired) electrons. The van der Waals surface area contributed by atoms with Gasteiger partial charge in [0.25, 0.3) is 0 Å². The van der Waals surface area contributed by atoms with E-state index in [1.54, 1.807) is 16.1 Å². The average molecular weight is 432 g/mol. The molecule has 1 N–H and O–H groups in total. The molecule has 4 rings (SSSR count). The summed E-state index contributed by atoms with van der Waals surface area (Å²) in [5, 5.41) is 2.90. The first-order valence-electron chi connectivity index (χ1n) is 10.4. The minimum atomic E-state index is -3.37. The van der Waals surface area contributed by atoms with Crippen LogP contribution in [0.25, 0.3) is 0 Å². The smallest absolute Gasteiger partial charge is 0.220 e. The van der Waals surface area contributed by atoms with Crippen LogP contribution in [-0.2, 0) is 10.0 Å². The fourth-order valence-electron chi connectivity index (χ4n) is 3.89. The Bertz CT molecular complexity index is 970. The Morgan fingerprint density at radius 1 is 1.03 bits per heavy atom. The molecule has 5 nitrogen and oxygen atoms in total. The third kappa shape index (κ3) is 4.33. The van der Waals surface area contributed by atoms with Crippen LogP contribution in [0.15, 0.2) is 52.3 Å². The molecule has 1 unspecified atom stereocenters. The quantitative estimate of drug-likeness (QED) is 0.613. The van der Waals surface area contributed by atoms with Crippen LogP contribution in [0, 0.1) is 0 Å². The zero-order valence-corrected chi connectivity index (χ0v) is 18.7. The third-order valence-electron chi connectivity index (χ3n) is 5.82. The van der Waals surface area contributed by atoms with Crippen LogP contribution in [0.1, 0.15) is 37.5 Å². The van der Waals surface area contributed by atoms with E-state index in [9.17, 15) is 8.42 Å². The van der Waals surface area contributed by atoms with Gasteiger partial charge >= 0.3 is 0 Å². The van der Waals surface area contributed by atoms with Crippen molar-refractivity contribution < 1.29 is 8.42 Å². The average Bonchev–Trinajstić information content (AvgIpc) is 2.75. The number of unbranched alkanes of at least 4 members (excludes halogenated alkanes) is 1. The molecule has 1 fully saturated rings. The van der Waals surface area contributed by atoms with Crippen molar-refractivity contribution >= 4 is 33.2 Å². The van der Waals surface area contributed by atoms with Crippen LogP contribution >= 0.6 is 11.8 Å². The van der Waals surface area contributed by atoms with Crippen LogP contribution < -0.4 is 5.32 Å². The molecule has 0 aliphatic carbocycles. The van der Waals surface area contributed by atoms with Crippen molar-refractivity contribution in [2.75, 3.05) is 38.0 Å². The number of hydrogen-bond acceptors (Lipinski definition) is 5. The molecule has 2 heterocycles. The fraction of sp³-hybridized carbons (Fsp3) is 0.455. The summed E-state index contributed by atoms with van der Waals surface area (Å²) in [5.74, 6) is 0. The predicted molar refractivity (Wildman–Crippen MR) is 121 cm³/mol. The molecular weight excluding hydrogens is 402 g/mol. The first kappa shape index (κ1) is 20.7. The molecule has 2 aromatic rings. The molecule has 156 valence electrons. The van der Waals surface area contributed by atoms with E-state index in [4.69, 9.17) is 0 Å². The summed E-state index contributed by atoms with van der Waals surface area (Å²) in [6.45, 7) is 7.88. The van der Waals surface area contributed by atoms with Gasteiger partial charge in [0.05, 0.1) is 16.6 Å². The van der Waals surface area contributed by atoms with Gasteiger partial charge in [0, 0.05) is 36.0 Å². The first-order valence-corrected chi connectivity index (χ1v) is 12.7. The first-order chi connectivity index (χ1) is 14.0. The molecule has 7 heteroatoms. The maximum atomic E-state index is 13.3. The summed E-state index contributed by atoms with van der Waals surface area (Å²) in [7, 11) is -3.37. The highest BCUT2D eigenvalue weighted by Gasteiger charge is 2.33. The SMILES string of the molecule is CCCCN1CCN(S(=O)(=O)C(C)c2ccc3c(c2)Nc2ccccc2S3)CC1. The molecular formula is C22H29N3O2S2. The van der Waals surface area contributed by atoms with Gasteiger partial charge in [-0.3, -0.25) is 0 Å². The second-order valence-corrected chi connectivity index (χ2v) is 11.1. The fourth-order valence-corrected chi connectivity index (χ4v) is 6.47. The summed E-state index contributed by atoms with van der Waals surface area (Å²) >= 11 is 1.72. The normalized spacial score (nSPS) is 18.6. The highest BCUT2D eigenvalue weighted by molar-refractivity contribution is 7.99. The van der Waals surface area contributed by atoms with Crippen molar-refractivity contribution in [2.45, 2.75) is 41.7 Å². The molecule has 0 aromatic heterocycles. The lowest BCUT2D eigenvalue weighted by atomic mass is 10.1. The largest absolute Gasteiger partial charge is 0.354 e. The van der Waals surface area contributed by atoms with Gasteiger partial charge in [0.15, 0.2) is 0 Å². The van der Waals surface area contributed by atoms with Crippen molar-refractivity contribution in [1.82, 2.24) is 9.21 Å². The van der Waals surface area contributed by atoms with Gasteiger partial charge in [0.1, 0.15) is 0 Å². The summed E-state index contributed by atoms with van der Waals surface area (Å²) in [5.41, 5.74) is 2.89. The molecule has 0 amide bonds. The molecule has 0 saturated carbocycles. The number of para-hydroxylation sites is 1. The number of piperazine rings is 1. The zero-order valence-electron chi connectivity index (χ0n) is 17.1. The molecule has 2 aliphatic rings. The lowest BCUT2D eigenvalue weighted by Gasteiger charge is -2.35. The zero-order chi connectivity index (χ0) is 20.4. The van der Waals surface area contributed by atoms with E-state index in [-0.39, 0.29) is 0 Å². The summed E-state index contributed by atoms with van der Waals surface area (Å²) < 4.78 is 28.2. The van der Waals surface area contributed by atoms with E-state index in [0.717, 1.165) is 41.5 Å². The molecule has 0 bridgehead atoms. The third-order valence-corrected chi connectivity index (χ3v) is 9.22. The second-order valence-electron chi connectivity index (χ2n) is 7.76. The number of hydrogen-bond donors (Lipinski definition) is 1. The Morgan fingerprint density at radius 3 is 2.52 bits per heavy atom. The Kier molecular flexibility index (Phi) is 6.20. The molecule has 1 saturated heterocycles. The van der Waals surface area contributed by atoms with Gasteiger partial charge < -0.3 is 10.2 Å². The van der Waals surface area contributed by atoms with E-state index in [1.165, 1.54) is 17.7 Å². The maximum Gasteiger partial charge on any atom is 0.220 e. The lowest BCUT2D eigenvalue weighted by Crippen LogP contribution is -2.49. The van der Waals surface area contributed by atoms with Crippen LogP contribution in [0.4, 0.5) is 11.4 Å². The van der Waals surface area contributed by atoms with Crippen LogP contribution in [0.5, 0.6) is 0 Å². The van der Waals surface area contributed by atoms with Gasteiger partial charge in [-0.2, -0.15) is 4.31 Å². The number of nitrogens with zero attached hydrogens (tertiary/aromatic N) is 2. The van der Waals surface area contributed by atoms with Crippen molar-refractivity contribution in [3.8, 4) is 0 Å². The molecule has 0 spiro atoms. The highest BCUT2D eigenvalue weighted by Crippen LogP contribution is 2.45. The van der Waals surface area contributed by atoms with Crippen LogP contribution in [0.2, 0.25) is 0 Å². The minimum absolute atomic E-state index is 0.557. The topological polar surface area (TPSA) is 52.7 Å². The molecule has 1 atom stereocenters. The van der Waals surface area contributed by atoms with Gasteiger partial charge in [-0.25, -0.2) is 8.42 Å². The molecule has 2 aliphatic heterocycles. The Hall–Kier alpha value is -1.54. The van der Waals surface area contributed by atoms with E-state index in [0.29, 0.717) is 13.1 Å². The number of sulfonamides is 1. The standard InChI is InChI=1S/C22H29N3O2S2/c1-3-4-11-24-12-14-25(15-13-24)29(26,27)17(2)18-9-10-22-20(16-18)23-19-7-5-6-8-21(19)28-22/h5-10,16-17,23H,3-4,11-15H2,1-2H3. The number of anilines is 2. The summed E-state index contributed by atoms with van der Waals surface area (Å²) in [4.78, 5) is 4.69. The molecule has 29 heavy (non-hydrogen) atoms. The monoisotopic (exact) mass is 431 g/mol. The van der Waals surface area contributed by atoms with E-state index >= 15 is 0 Å². The Morgan fingerprint density at radius 2 is 1.76 bits per heavy atom. The van der Waals surface area contributed by atoms with Crippen LogP contribution in [-0.4, -0.2) is 50.3 Å². The van der Waals surface area contributed by atoms with Gasteiger partial charge in [-0.05, 0) is 49.7 Å². The van der Waals surface area contributed by atoms with Gasteiger partial charge in [0.2, 0.25) is 10.0 Å². The Balaban J connectivity index is 1.48. The van der Waals surface area contributed by atoms with E-state index in [2.05, 4.69) is 29.3 Å². The van der Waals surface area contributed by atoms with Crippen molar-refractivity contribution in [2.24, 2.45) is 0 Å². The van der Waals surface area contributed by atoms with Crippen molar-refractivity contribution in [3.63, 3.8) is 0 Å². The second kappa shape index (κ2) is 8.68. The number of benzene rings is 2. The Labute approximate surface area is 178 Å². The van der Waals surface area contributed by atoms with Crippen molar-refractivity contribution in [3.05, 3.63) is 48.0 Å². The lowest BCUT2D eigenvalue weighted by molar-refractivity contribution is 0.185. The van der Waals surface area contributed by atoms with E-state index < -0.39 is 15.3 Å². The molecule has 2 aromatic carbocycles. The summed E-state index contributed by atoms with van der Waals surface area (Å²) in [6, 6.07) is 14.2. The number of fused-ring (bicyclic) bond motifs is 2. The number of rotatable bonds is 6. The van der Waals surface area contributed by atoms with Crippen molar-refractivity contribution in [1.29, 1.82) is 0 Å². The highest BCUT2D eigenvalue weighted by atomic mass is 32.2. The van der Waals surface area contributed by atoms with Gasteiger partial charge in [-0.15, -0.1) is 0 Å². The minimum Gasteiger partial charge on any atom is -0.354 e. The van der Waals surface area contributed by atoms with E-state index in [1.807, 2.05) is 37.3 Å². The predicted octanol–water partition coefficient (Wildman–Crippen LogP) is 4.70. The maximum absolute atomic E-state index is 13.3. The summed E-state index contributed by atoms with van der Waals surface area (Å²) in [6.07, 6.45) is 2.34. The van der Waals surface area contributed by atoms with Gasteiger partial charge in [-0.1, -0.05) is 43.3 Å². The van der Waals surface area contributed by atoms with Crippen LogP contribution in [0.3, 0.4) is 0 Å².